The first-order valence-corrected chi connectivity index (χ1v) is 11.1. The molecule has 0 bridgehead atoms. The number of nitrogens with zero attached hydrogens (tertiary/aromatic N) is 2. The maximum atomic E-state index is 13.2. The molecule has 1 aliphatic rings. The van der Waals surface area contributed by atoms with E-state index in [1.54, 1.807) is 6.92 Å². The SMILES string of the molecule is CC(=O)c1ccc2cc(N(C)CC(=O)N(CCCN)Cc3ccc4c(c3)OCO4)ccc2c1. The molecule has 0 saturated heterocycles. The summed E-state index contributed by atoms with van der Waals surface area (Å²) in [5, 5.41) is 2.02. The summed E-state index contributed by atoms with van der Waals surface area (Å²) in [5.74, 6) is 1.50. The summed E-state index contributed by atoms with van der Waals surface area (Å²) < 4.78 is 10.8. The highest BCUT2D eigenvalue weighted by Gasteiger charge is 2.19. The minimum Gasteiger partial charge on any atom is -0.454 e. The van der Waals surface area contributed by atoms with Crippen molar-refractivity contribution >= 4 is 28.2 Å². The van der Waals surface area contributed by atoms with Crippen molar-refractivity contribution in [2.75, 3.05) is 38.4 Å². The molecule has 7 heteroatoms. The fraction of sp³-hybridized carbons (Fsp3) is 0.308. The first kappa shape index (κ1) is 22.6. The Hall–Kier alpha value is -3.58. The summed E-state index contributed by atoms with van der Waals surface area (Å²) in [5.41, 5.74) is 8.33. The van der Waals surface area contributed by atoms with Crippen molar-refractivity contribution in [3.05, 3.63) is 65.7 Å². The highest BCUT2D eigenvalue weighted by Crippen LogP contribution is 2.33. The monoisotopic (exact) mass is 447 g/mol. The van der Waals surface area contributed by atoms with E-state index in [0.717, 1.165) is 34.2 Å². The summed E-state index contributed by atoms with van der Waals surface area (Å²) in [7, 11) is 1.91. The normalized spacial score (nSPS) is 12.1. The number of carbonyl (C=O) groups excluding carboxylic acids is 2. The smallest absolute Gasteiger partial charge is 0.242 e. The van der Waals surface area contributed by atoms with Gasteiger partial charge in [-0.2, -0.15) is 0 Å². The highest BCUT2D eigenvalue weighted by atomic mass is 16.7. The van der Waals surface area contributed by atoms with Gasteiger partial charge in [0.15, 0.2) is 17.3 Å². The van der Waals surface area contributed by atoms with Gasteiger partial charge in [0.05, 0.1) is 6.54 Å². The molecule has 1 amide bonds. The number of benzene rings is 3. The summed E-state index contributed by atoms with van der Waals surface area (Å²) >= 11 is 0. The Morgan fingerprint density at radius 1 is 0.970 bits per heavy atom. The van der Waals surface area contributed by atoms with Gasteiger partial charge in [-0.3, -0.25) is 9.59 Å². The van der Waals surface area contributed by atoms with Gasteiger partial charge in [-0.25, -0.2) is 0 Å². The van der Waals surface area contributed by atoms with Crippen molar-refractivity contribution in [1.29, 1.82) is 0 Å². The zero-order chi connectivity index (χ0) is 23.4. The lowest BCUT2D eigenvalue weighted by molar-refractivity contribution is -0.130. The quantitative estimate of drug-likeness (QED) is 0.505. The van der Waals surface area contributed by atoms with Gasteiger partial charge in [-0.1, -0.05) is 24.3 Å². The fourth-order valence-corrected chi connectivity index (χ4v) is 3.92. The Balaban J connectivity index is 1.47. The Kier molecular flexibility index (Phi) is 6.79. The van der Waals surface area contributed by atoms with Gasteiger partial charge < -0.3 is 25.0 Å². The molecule has 0 radical (unpaired) electrons. The van der Waals surface area contributed by atoms with E-state index >= 15 is 0 Å². The van der Waals surface area contributed by atoms with Crippen LogP contribution in [0.3, 0.4) is 0 Å². The van der Waals surface area contributed by atoms with E-state index < -0.39 is 0 Å². The molecule has 4 rings (SSSR count). The zero-order valence-electron chi connectivity index (χ0n) is 19.0. The molecule has 0 aromatic heterocycles. The van der Waals surface area contributed by atoms with Gasteiger partial charge in [0.2, 0.25) is 12.7 Å². The predicted molar refractivity (Wildman–Crippen MR) is 129 cm³/mol. The van der Waals surface area contributed by atoms with E-state index in [1.165, 1.54) is 0 Å². The molecule has 0 atom stereocenters. The Morgan fingerprint density at radius 3 is 2.52 bits per heavy atom. The van der Waals surface area contributed by atoms with Crippen LogP contribution in [0.25, 0.3) is 10.8 Å². The molecule has 7 nitrogen and oxygen atoms in total. The molecule has 1 heterocycles. The van der Waals surface area contributed by atoms with Crippen LogP contribution < -0.4 is 20.1 Å². The average molecular weight is 448 g/mol. The predicted octanol–water partition coefficient (Wildman–Crippen LogP) is 3.58. The number of fused-ring (bicyclic) bond motifs is 2. The van der Waals surface area contributed by atoms with E-state index in [4.69, 9.17) is 15.2 Å². The maximum absolute atomic E-state index is 13.2. The van der Waals surface area contributed by atoms with E-state index in [1.807, 2.05) is 71.4 Å². The number of nitrogens with two attached hydrogens (primary N) is 1. The molecule has 2 N–H and O–H groups in total. The summed E-state index contributed by atoms with van der Waals surface area (Å²) in [6.45, 7) is 3.62. The Labute approximate surface area is 193 Å². The first-order valence-electron chi connectivity index (χ1n) is 11.1. The minimum atomic E-state index is 0.0237. The van der Waals surface area contributed by atoms with Crippen LogP contribution >= 0.6 is 0 Å². The fourth-order valence-electron chi connectivity index (χ4n) is 3.92. The topological polar surface area (TPSA) is 85.1 Å². The molecule has 3 aromatic carbocycles. The van der Waals surface area contributed by atoms with Crippen LogP contribution in [0.4, 0.5) is 5.69 Å². The molecular weight excluding hydrogens is 418 g/mol. The molecule has 3 aromatic rings. The van der Waals surface area contributed by atoms with Gasteiger partial charge in [-0.05, 0) is 66.6 Å². The highest BCUT2D eigenvalue weighted by molar-refractivity contribution is 5.99. The van der Waals surface area contributed by atoms with Gasteiger partial charge in [-0.15, -0.1) is 0 Å². The number of Topliss-reactive ketones (excluding diaryl/α,β-unsaturated/α-hetero) is 1. The van der Waals surface area contributed by atoms with Crippen LogP contribution in [0.1, 0.15) is 29.3 Å². The zero-order valence-corrected chi connectivity index (χ0v) is 19.0. The van der Waals surface area contributed by atoms with E-state index in [-0.39, 0.29) is 25.0 Å². The maximum Gasteiger partial charge on any atom is 0.242 e. The molecule has 0 spiro atoms. The molecule has 33 heavy (non-hydrogen) atoms. The number of ether oxygens (including phenoxy) is 2. The average Bonchev–Trinajstić information content (AvgIpc) is 3.28. The van der Waals surface area contributed by atoms with Crippen molar-refractivity contribution in [1.82, 2.24) is 4.90 Å². The first-order chi connectivity index (χ1) is 15.9. The number of likely N-dealkylation sites (N-methyl/N-ethyl adjacent to an activating group) is 1. The number of hydrogen-bond donors (Lipinski definition) is 1. The third kappa shape index (κ3) is 5.26. The summed E-state index contributed by atoms with van der Waals surface area (Å²) in [4.78, 5) is 28.6. The third-order valence-electron chi connectivity index (χ3n) is 5.84. The number of carbonyl (C=O) groups is 2. The standard InChI is InChI=1S/C26H29N3O4/c1-18(30)20-5-6-22-14-23(8-7-21(22)13-20)28(2)16-26(31)29(11-3-10-27)15-19-4-9-24-25(12-19)33-17-32-24/h4-9,12-14H,3,10-11,15-17,27H2,1-2H3. The van der Waals surface area contributed by atoms with Crippen molar-refractivity contribution in [3.63, 3.8) is 0 Å². The number of anilines is 1. The molecule has 0 aliphatic carbocycles. The molecule has 1 aliphatic heterocycles. The number of amides is 1. The molecule has 0 unspecified atom stereocenters. The number of hydrogen-bond acceptors (Lipinski definition) is 6. The van der Waals surface area contributed by atoms with Gasteiger partial charge >= 0.3 is 0 Å². The summed E-state index contributed by atoms with van der Waals surface area (Å²) in [6, 6.07) is 17.4. The van der Waals surface area contributed by atoms with Crippen LogP contribution in [0, 0.1) is 0 Å². The molecule has 0 saturated carbocycles. The lowest BCUT2D eigenvalue weighted by Gasteiger charge is -2.27. The van der Waals surface area contributed by atoms with Gasteiger partial charge in [0.25, 0.3) is 0 Å². The van der Waals surface area contributed by atoms with Gasteiger partial charge in [0.1, 0.15) is 0 Å². The molecular formula is C26H29N3O4. The van der Waals surface area contributed by atoms with Crippen molar-refractivity contribution < 1.29 is 19.1 Å². The minimum absolute atomic E-state index is 0.0237. The van der Waals surface area contributed by atoms with Crippen molar-refractivity contribution in [3.8, 4) is 11.5 Å². The van der Waals surface area contributed by atoms with Crippen LogP contribution in [0.15, 0.2) is 54.6 Å². The van der Waals surface area contributed by atoms with Crippen LogP contribution in [0.2, 0.25) is 0 Å². The second kappa shape index (κ2) is 9.92. The summed E-state index contributed by atoms with van der Waals surface area (Å²) in [6.07, 6.45) is 0.731. The largest absolute Gasteiger partial charge is 0.454 e. The third-order valence-corrected chi connectivity index (χ3v) is 5.84. The van der Waals surface area contributed by atoms with Crippen molar-refractivity contribution in [2.45, 2.75) is 19.9 Å². The Bertz CT molecular complexity index is 1180. The second-order valence-electron chi connectivity index (χ2n) is 8.30. The van der Waals surface area contributed by atoms with Crippen LogP contribution in [0.5, 0.6) is 11.5 Å². The van der Waals surface area contributed by atoms with E-state index in [0.29, 0.717) is 30.9 Å². The Morgan fingerprint density at radius 2 is 1.73 bits per heavy atom. The van der Waals surface area contributed by atoms with Crippen LogP contribution in [-0.4, -0.2) is 50.1 Å². The second-order valence-corrected chi connectivity index (χ2v) is 8.30. The number of ketones is 1. The lowest BCUT2D eigenvalue weighted by atomic mass is 10.0. The van der Waals surface area contributed by atoms with Gasteiger partial charge in [0, 0.05) is 31.4 Å². The number of rotatable bonds is 9. The molecule has 172 valence electrons. The van der Waals surface area contributed by atoms with Crippen molar-refractivity contribution in [2.24, 2.45) is 5.73 Å². The van der Waals surface area contributed by atoms with E-state index in [2.05, 4.69) is 0 Å². The molecule has 0 fully saturated rings. The van der Waals surface area contributed by atoms with Crippen LogP contribution in [-0.2, 0) is 11.3 Å². The van der Waals surface area contributed by atoms with E-state index in [9.17, 15) is 9.59 Å². The lowest BCUT2D eigenvalue weighted by Crippen LogP contribution is -2.39.